The van der Waals surface area contributed by atoms with E-state index in [0.717, 1.165) is 31.5 Å². The van der Waals surface area contributed by atoms with Crippen molar-refractivity contribution < 1.29 is 35.5 Å². The number of benzene rings is 2. The molecule has 2 aromatic carbocycles. The summed E-state index contributed by atoms with van der Waals surface area (Å²) >= 11 is 0. The fourth-order valence-corrected chi connectivity index (χ4v) is 4.44. The molecule has 1 aliphatic rings. The zero-order chi connectivity index (χ0) is 25.8. The number of piperidine rings is 1. The van der Waals surface area contributed by atoms with Crippen LogP contribution in [0.1, 0.15) is 47.4 Å². The summed E-state index contributed by atoms with van der Waals surface area (Å²) in [6, 6.07) is 7.43. The normalized spacial score (nSPS) is 16.2. The lowest BCUT2D eigenvalue weighted by molar-refractivity contribution is -0.143. The lowest BCUT2D eigenvalue weighted by atomic mass is 9.78. The molecule has 1 saturated heterocycles. The van der Waals surface area contributed by atoms with Crippen molar-refractivity contribution in [1.29, 1.82) is 0 Å². The lowest BCUT2D eigenvalue weighted by Crippen LogP contribution is -2.35. The maximum absolute atomic E-state index is 13.4. The molecule has 1 fully saturated rings. The Balaban J connectivity index is 1.72. The molecular weight excluding hydrogens is 477 g/mol. The van der Waals surface area contributed by atoms with Crippen LogP contribution in [-0.4, -0.2) is 37.5 Å². The Morgan fingerprint density at radius 1 is 0.971 bits per heavy atom. The number of hydrogen-bond acceptors (Lipinski definition) is 2. The molecule has 1 amide bonds. The van der Waals surface area contributed by atoms with E-state index in [2.05, 4.69) is 5.32 Å². The molecule has 0 aromatic heterocycles. The molecule has 3 rings (SSSR count). The van der Waals surface area contributed by atoms with Crippen molar-refractivity contribution in [2.24, 2.45) is 5.92 Å². The van der Waals surface area contributed by atoms with Gasteiger partial charge in [0.2, 0.25) is 5.91 Å². The van der Waals surface area contributed by atoms with Crippen LogP contribution in [-0.2, 0) is 23.6 Å². The molecule has 10 heteroatoms. The average molecular weight is 504 g/mol. The fourth-order valence-electron chi connectivity index (χ4n) is 4.44. The number of alkyl halides is 6. The van der Waals surface area contributed by atoms with E-state index in [0.29, 0.717) is 12.1 Å². The molecule has 1 atom stereocenters. The minimum absolute atomic E-state index is 0.0419. The summed E-state index contributed by atoms with van der Waals surface area (Å²) in [4.78, 5) is 14.3. The second-order valence-electron chi connectivity index (χ2n) is 8.93. The smallest absolute Gasteiger partial charge is 0.345 e. The van der Waals surface area contributed by atoms with Gasteiger partial charge in [0, 0.05) is 20.0 Å². The molecule has 192 valence electrons. The lowest BCUT2D eigenvalue weighted by Gasteiger charge is -2.32. The number of likely N-dealkylation sites (N-methyl/N-ethyl adjacent to an activating group) is 1. The van der Waals surface area contributed by atoms with E-state index in [1.807, 2.05) is 0 Å². The van der Waals surface area contributed by atoms with Gasteiger partial charge in [-0.25, -0.2) is 4.39 Å². The van der Waals surface area contributed by atoms with E-state index in [1.165, 1.54) is 24.1 Å². The minimum atomic E-state index is -4.92. The first-order valence-electron chi connectivity index (χ1n) is 11.3. The minimum Gasteiger partial charge on any atom is -0.345 e. The van der Waals surface area contributed by atoms with Crippen LogP contribution >= 0.6 is 0 Å². The maximum Gasteiger partial charge on any atom is 0.416 e. The molecule has 3 nitrogen and oxygen atoms in total. The highest BCUT2D eigenvalue weighted by Crippen LogP contribution is 2.37. The standard InChI is InChI=1S/C25H27F7N2O/c1-34(11-8-16-12-19(24(27,28)29)14-20(13-16)25(30,31)32)23(35)15-22(18-6-9-33-10-7-18)17-2-4-21(26)5-3-17/h2-5,12-14,18,22,33H,6-11,15H2,1H3. The van der Waals surface area contributed by atoms with Gasteiger partial charge in [0.1, 0.15) is 5.82 Å². The van der Waals surface area contributed by atoms with E-state index in [1.54, 1.807) is 12.1 Å². The molecular formula is C25H27F7N2O. The number of hydrogen-bond donors (Lipinski definition) is 1. The monoisotopic (exact) mass is 504 g/mol. The van der Waals surface area contributed by atoms with E-state index < -0.39 is 23.5 Å². The molecule has 0 aliphatic carbocycles. The Kier molecular flexibility index (Phi) is 8.46. The Morgan fingerprint density at radius 3 is 2.03 bits per heavy atom. The van der Waals surface area contributed by atoms with Crippen molar-refractivity contribution in [3.63, 3.8) is 0 Å². The molecule has 0 bridgehead atoms. The van der Waals surface area contributed by atoms with Crippen LogP contribution in [0.5, 0.6) is 0 Å². The van der Waals surface area contributed by atoms with Crippen molar-refractivity contribution in [1.82, 2.24) is 10.2 Å². The first-order valence-corrected chi connectivity index (χ1v) is 11.3. The molecule has 0 radical (unpaired) electrons. The highest BCUT2D eigenvalue weighted by molar-refractivity contribution is 5.77. The first-order chi connectivity index (χ1) is 16.3. The second kappa shape index (κ2) is 11.0. The van der Waals surface area contributed by atoms with Crippen LogP contribution in [0.15, 0.2) is 42.5 Å². The van der Waals surface area contributed by atoms with Gasteiger partial charge in [-0.05, 0) is 85.6 Å². The third-order valence-electron chi connectivity index (χ3n) is 6.45. The van der Waals surface area contributed by atoms with Gasteiger partial charge in [-0.2, -0.15) is 26.3 Å². The molecule has 0 spiro atoms. The molecule has 1 aliphatic heterocycles. The second-order valence-corrected chi connectivity index (χ2v) is 8.93. The number of nitrogens with zero attached hydrogens (tertiary/aromatic N) is 1. The number of carbonyl (C=O) groups is 1. The number of amides is 1. The number of carbonyl (C=O) groups excluding carboxylic acids is 1. The van der Waals surface area contributed by atoms with Gasteiger partial charge >= 0.3 is 12.4 Å². The Hall–Kier alpha value is -2.62. The summed E-state index contributed by atoms with van der Waals surface area (Å²) in [5.41, 5.74) is -2.08. The third kappa shape index (κ3) is 7.43. The Labute approximate surface area is 199 Å². The molecule has 0 saturated carbocycles. The van der Waals surface area contributed by atoms with Crippen LogP contribution in [0.4, 0.5) is 30.7 Å². The summed E-state index contributed by atoms with van der Waals surface area (Å²) in [6.07, 6.45) is -8.22. The fraction of sp³-hybridized carbons (Fsp3) is 0.480. The summed E-state index contributed by atoms with van der Waals surface area (Å²) in [5, 5.41) is 3.26. The van der Waals surface area contributed by atoms with Crippen molar-refractivity contribution in [2.45, 2.75) is 44.0 Å². The summed E-state index contributed by atoms with van der Waals surface area (Å²) < 4.78 is 92.1. The van der Waals surface area contributed by atoms with Crippen LogP contribution in [0.3, 0.4) is 0 Å². The summed E-state index contributed by atoms with van der Waals surface area (Å²) in [7, 11) is 1.48. The zero-order valence-corrected chi connectivity index (χ0v) is 19.1. The quantitative estimate of drug-likeness (QED) is 0.467. The summed E-state index contributed by atoms with van der Waals surface area (Å²) in [5.74, 6) is -0.642. The van der Waals surface area contributed by atoms with Crippen LogP contribution in [0.25, 0.3) is 0 Å². The Morgan fingerprint density at radius 2 is 1.51 bits per heavy atom. The molecule has 2 aromatic rings. The topological polar surface area (TPSA) is 32.3 Å². The largest absolute Gasteiger partial charge is 0.416 e. The van der Waals surface area contributed by atoms with E-state index >= 15 is 0 Å². The predicted molar refractivity (Wildman–Crippen MR) is 117 cm³/mol. The molecule has 1 heterocycles. The third-order valence-corrected chi connectivity index (χ3v) is 6.45. The van der Waals surface area contributed by atoms with Crippen LogP contribution < -0.4 is 5.32 Å². The van der Waals surface area contributed by atoms with E-state index in [-0.39, 0.29) is 54.6 Å². The van der Waals surface area contributed by atoms with Gasteiger partial charge in [0.25, 0.3) is 0 Å². The van der Waals surface area contributed by atoms with Crippen molar-refractivity contribution >= 4 is 5.91 Å². The molecule has 35 heavy (non-hydrogen) atoms. The number of rotatable bonds is 7. The van der Waals surface area contributed by atoms with Gasteiger partial charge in [-0.1, -0.05) is 12.1 Å². The average Bonchev–Trinajstić information content (AvgIpc) is 2.80. The van der Waals surface area contributed by atoms with Gasteiger partial charge in [-0.3, -0.25) is 4.79 Å². The van der Waals surface area contributed by atoms with Crippen molar-refractivity contribution in [3.05, 3.63) is 70.5 Å². The number of nitrogens with one attached hydrogen (secondary N) is 1. The summed E-state index contributed by atoms with van der Waals surface area (Å²) in [6.45, 7) is 1.55. The number of halogens is 7. The van der Waals surface area contributed by atoms with E-state index in [9.17, 15) is 35.5 Å². The molecule has 1 unspecified atom stereocenters. The first kappa shape index (κ1) is 27.0. The van der Waals surface area contributed by atoms with Crippen LogP contribution in [0.2, 0.25) is 0 Å². The van der Waals surface area contributed by atoms with Crippen LogP contribution in [0, 0.1) is 11.7 Å². The zero-order valence-electron chi connectivity index (χ0n) is 19.1. The predicted octanol–water partition coefficient (Wildman–Crippen LogP) is 6.04. The van der Waals surface area contributed by atoms with Crippen molar-refractivity contribution in [2.75, 3.05) is 26.7 Å². The highest BCUT2D eigenvalue weighted by atomic mass is 19.4. The van der Waals surface area contributed by atoms with Crippen molar-refractivity contribution in [3.8, 4) is 0 Å². The van der Waals surface area contributed by atoms with Gasteiger partial charge in [0.05, 0.1) is 11.1 Å². The van der Waals surface area contributed by atoms with Gasteiger partial charge < -0.3 is 10.2 Å². The van der Waals surface area contributed by atoms with Gasteiger partial charge in [0.15, 0.2) is 0 Å². The van der Waals surface area contributed by atoms with E-state index in [4.69, 9.17) is 0 Å². The maximum atomic E-state index is 13.4. The Bertz CT molecular complexity index is 964. The van der Waals surface area contributed by atoms with Gasteiger partial charge in [-0.15, -0.1) is 0 Å². The SMILES string of the molecule is CN(CCc1cc(C(F)(F)F)cc(C(F)(F)F)c1)C(=O)CC(c1ccc(F)cc1)C1CCNCC1. The highest BCUT2D eigenvalue weighted by Gasteiger charge is 2.37. The molecule has 1 N–H and O–H groups in total.